The molecule has 1 fully saturated rings. The van der Waals surface area contributed by atoms with Crippen molar-refractivity contribution in [2.75, 3.05) is 26.2 Å². The Morgan fingerprint density at radius 1 is 1.16 bits per heavy atom. The summed E-state index contributed by atoms with van der Waals surface area (Å²) >= 11 is 1.44. The van der Waals surface area contributed by atoms with Crippen LogP contribution in [0.2, 0.25) is 0 Å². The van der Waals surface area contributed by atoms with Crippen LogP contribution in [0.25, 0.3) is 0 Å². The van der Waals surface area contributed by atoms with Crippen LogP contribution in [0.3, 0.4) is 0 Å². The van der Waals surface area contributed by atoms with Gasteiger partial charge in [0.2, 0.25) is 5.91 Å². The molecule has 25 heavy (non-hydrogen) atoms. The van der Waals surface area contributed by atoms with Crippen LogP contribution >= 0.6 is 11.3 Å². The second-order valence-corrected chi connectivity index (χ2v) is 7.99. The molecule has 1 aliphatic heterocycles. The maximum atomic E-state index is 12.6. The first kappa shape index (κ1) is 17.5. The quantitative estimate of drug-likeness (QED) is 0.784. The van der Waals surface area contributed by atoms with Gasteiger partial charge in [-0.2, -0.15) is 0 Å². The molecule has 1 aliphatic rings. The maximum Gasteiger partial charge on any atom is 0.265 e. The minimum atomic E-state index is -0.0650. The molecular formula is C15H21N7O2S. The number of thiazole rings is 1. The second kappa shape index (κ2) is 6.87. The minimum absolute atomic E-state index is 0.0134. The van der Waals surface area contributed by atoms with Crippen molar-refractivity contribution in [3.05, 3.63) is 22.4 Å². The molecule has 1 saturated heterocycles. The number of amides is 2. The summed E-state index contributed by atoms with van der Waals surface area (Å²) < 4.78 is 1.39. The van der Waals surface area contributed by atoms with Gasteiger partial charge in [0.1, 0.15) is 17.7 Å². The Morgan fingerprint density at radius 2 is 1.84 bits per heavy atom. The number of hydrogen-bond acceptors (Lipinski definition) is 7. The third-order valence-electron chi connectivity index (χ3n) is 3.97. The molecule has 0 atom stereocenters. The van der Waals surface area contributed by atoms with Gasteiger partial charge in [-0.25, -0.2) is 9.67 Å². The van der Waals surface area contributed by atoms with Gasteiger partial charge in [-0.1, -0.05) is 20.8 Å². The van der Waals surface area contributed by atoms with E-state index in [1.807, 2.05) is 0 Å². The number of carbonyl (C=O) groups is 2. The van der Waals surface area contributed by atoms with Gasteiger partial charge in [0.05, 0.1) is 11.2 Å². The van der Waals surface area contributed by atoms with Crippen LogP contribution in [-0.2, 0) is 16.8 Å². The molecule has 3 heterocycles. The van der Waals surface area contributed by atoms with Crippen LogP contribution in [0.5, 0.6) is 0 Å². The van der Waals surface area contributed by atoms with Crippen molar-refractivity contribution >= 4 is 23.2 Å². The predicted molar refractivity (Wildman–Crippen MR) is 91.1 cm³/mol. The lowest BCUT2D eigenvalue weighted by molar-refractivity contribution is -0.133. The zero-order chi connectivity index (χ0) is 18.0. The second-order valence-electron chi connectivity index (χ2n) is 6.96. The molecule has 0 saturated carbocycles. The topological polar surface area (TPSA) is 97.1 Å². The van der Waals surface area contributed by atoms with Crippen molar-refractivity contribution in [2.24, 2.45) is 0 Å². The molecule has 2 aromatic rings. The Hall–Kier alpha value is -2.36. The highest BCUT2D eigenvalue weighted by Gasteiger charge is 2.27. The molecule has 0 radical (unpaired) electrons. The number of piperazine rings is 1. The number of tetrazole rings is 1. The van der Waals surface area contributed by atoms with E-state index in [9.17, 15) is 9.59 Å². The number of nitrogens with zero attached hydrogens (tertiary/aromatic N) is 7. The Bertz CT molecular complexity index is 742. The SMILES string of the molecule is CC(C)(C)c1ncc(C(=O)N2CCN(C(=O)Cn3cnnn3)CC2)s1. The fourth-order valence-corrected chi connectivity index (χ4v) is 3.47. The van der Waals surface area contributed by atoms with E-state index in [1.165, 1.54) is 22.3 Å². The first-order valence-electron chi connectivity index (χ1n) is 8.09. The smallest absolute Gasteiger partial charge is 0.265 e. The highest BCUT2D eigenvalue weighted by atomic mass is 32.1. The Balaban J connectivity index is 1.55. The minimum Gasteiger partial charge on any atom is -0.338 e. The van der Waals surface area contributed by atoms with Crippen molar-refractivity contribution in [2.45, 2.75) is 32.7 Å². The Labute approximate surface area is 149 Å². The largest absolute Gasteiger partial charge is 0.338 e. The van der Waals surface area contributed by atoms with Crippen LogP contribution in [0, 0.1) is 0 Å². The van der Waals surface area contributed by atoms with Gasteiger partial charge in [-0.05, 0) is 10.4 Å². The fraction of sp³-hybridized carbons (Fsp3) is 0.600. The zero-order valence-corrected chi connectivity index (χ0v) is 15.4. The van der Waals surface area contributed by atoms with Gasteiger partial charge in [0.25, 0.3) is 5.91 Å². The monoisotopic (exact) mass is 363 g/mol. The van der Waals surface area contributed by atoms with Crippen molar-refractivity contribution in [3.8, 4) is 0 Å². The van der Waals surface area contributed by atoms with E-state index in [-0.39, 0.29) is 23.8 Å². The highest BCUT2D eigenvalue weighted by molar-refractivity contribution is 7.13. The van der Waals surface area contributed by atoms with Gasteiger partial charge >= 0.3 is 0 Å². The zero-order valence-electron chi connectivity index (χ0n) is 14.5. The highest BCUT2D eigenvalue weighted by Crippen LogP contribution is 2.27. The Kier molecular flexibility index (Phi) is 4.80. The number of aromatic nitrogens is 5. The van der Waals surface area contributed by atoms with Crippen LogP contribution < -0.4 is 0 Å². The summed E-state index contributed by atoms with van der Waals surface area (Å²) in [5.74, 6) is -0.0622. The predicted octanol–water partition coefficient (Wildman–Crippen LogP) is 0.412. The van der Waals surface area contributed by atoms with Crippen LogP contribution in [0.15, 0.2) is 12.5 Å². The first-order valence-corrected chi connectivity index (χ1v) is 8.90. The summed E-state index contributed by atoms with van der Waals surface area (Å²) in [5.41, 5.74) is -0.0650. The van der Waals surface area contributed by atoms with E-state index in [2.05, 4.69) is 41.3 Å². The number of rotatable bonds is 3. The number of carbonyl (C=O) groups excluding carboxylic acids is 2. The van der Waals surface area contributed by atoms with Gasteiger partial charge in [0.15, 0.2) is 0 Å². The molecule has 0 N–H and O–H groups in total. The summed E-state index contributed by atoms with van der Waals surface area (Å²) in [6, 6.07) is 0. The molecule has 2 amide bonds. The van der Waals surface area contributed by atoms with Gasteiger partial charge in [-0.3, -0.25) is 9.59 Å². The third kappa shape index (κ3) is 4.01. The number of hydrogen-bond donors (Lipinski definition) is 0. The van der Waals surface area contributed by atoms with E-state index >= 15 is 0 Å². The third-order valence-corrected chi connectivity index (χ3v) is 5.38. The van der Waals surface area contributed by atoms with Crippen LogP contribution in [-0.4, -0.2) is 73.0 Å². The van der Waals surface area contributed by atoms with Crippen molar-refractivity contribution in [3.63, 3.8) is 0 Å². The van der Waals surface area contributed by atoms with Crippen LogP contribution in [0.4, 0.5) is 0 Å². The molecular weight excluding hydrogens is 342 g/mol. The molecule has 2 aromatic heterocycles. The van der Waals surface area contributed by atoms with E-state index < -0.39 is 0 Å². The summed E-state index contributed by atoms with van der Waals surface area (Å²) in [5, 5.41) is 11.7. The summed E-state index contributed by atoms with van der Waals surface area (Å²) in [6.07, 6.45) is 3.07. The summed E-state index contributed by atoms with van der Waals surface area (Å²) in [6.45, 7) is 8.41. The van der Waals surface area contributed by atoms with Gasteiger partial charge < -0.3 is 9.80 Å². The fourth-order valence-electron chi connectivity index (χ4n) is 2.53. The molecule has 0 bridgehead atoms. The van der Waals surface area contributed by atoms with E-state index in [0.717, 1.165) is 5.01 Å². The molecule has 0 aliphatic carbocycles. The molecule has 0 aromatic carbocycles. The standard InChI is InChI=1S/C15H21N7O2S/c1-15(2,3)14-16-8-11(25-14)13(24)21-6-4-20(5-7-21)12(23)9-22-10-17-18-19-22/h8,10H,4-7,9H2,1-3H3. The molecule has 0 unspecified atom stereocenters. The average molecular weight is 363 g/mol. The Morgan fingerprint density at radius 3 is 2.40 bits per heavy atom. The molecule has 3 rings (SSSR count). The lowest BCUT2D eigenvalue weighted by Crippen LogP contribution is -2.51. The van der Waals surface area contributed by atoms with Gasteiger partial charge in [-0.15, -0.1) is 16.4 Å². The van der Waals surface area contributed by atoms with Gasteiger partial charge in [0, 0.05) is 31.6 Å². The average Bonchev–Trinajstić information content (AvgIpc) is 3.25. The lowest BCUT2D eigenvalue weighted by atomic mass is 9.98. The van der Waals surface area contributed by atoms with Crippen molar-refractivity contribution in [1.29, 1.82) is 0 Å². The van der Waals surface area contributed by atoms with Crippen molar-refractivity contribution in [1.82, 2.24) is 35.0 Å². The summed E-state index contributed by atoms with van der Waals surface area (Å²) in [7, 11) is 0. The molecule has 9 nitrogen and oxygen atoms in total. The lowest BCUT2D eigenvalue weighted by Gasteiger charge is -2.34. The first-order chi connectivity index (χ1) is 11.8. The normalized spacial score (nSPS) is 15.5. The van der Waals surface area contributed by atoms with Crippen molar-refractivity contribution < 1.29 is 9.59 Å². The van der Waals surface area contributed by atoms with E-state index in [4.69, 9.17) is 0 Å². The summed E-state index contributed by atoms with van der Waals surface area (Å²) in [4.78, 5) is 33.4. The molecule has 134 valence electrons. The maximum absolute atomic E-state index is 12.6. The van der Waals surface area contributed by atoms with Crippen LogP contribution in [0.1, 0.15) is 35.5 Å². The molecule has 0 spiro atoms. The van der Waals surface area contributed by atoms with E-state index in [1.54, 1.807) is 16.0 Å². The van der Waals surface area contributed by atoms with E-state index in [0.29, 0.717) is 31.1 Å². The molecule has 10 heteroatoms.